The van der Waals surface area contributed by atoms with Crippen LogP contribution in [-0.2, 0) is 11.2 Å². The Morgan fingerprint density at radius 3 is 2.83 bits per heavy atom. The maximum atomic E-state index is 11.5. The smallest absolute Gasteiger partial charge is 0.318 e. The number of aromatic nitrogens is 2. The number of halogens is 1. The highest BCUT2D eigenvalue weighted by atomic mass is 35.5. The van der Waals surface area contributed by atoms with Crippen LogP contribution in [0.5, 0.6) is 0 Å². The quantitative estimate of drug-likeness (QED) is 0.822. The number of alkyl halides is 1. The molecule has 0 unspecified atom stereocenters. The molecule has 1 aromatic heterocycles. The minimum atomic E-state index is 0.0940. The van der Waals surface area contributed by atoms with Crippen LogP contribution in [-0.4, -0.2) is 42.1 Å². The number of nitrogens with zero attached hydrogens (tertiary/aromatic N) is 3. The van der Waals surface area contributed by atoms with E-state index in [1.807, 2.05) is 4.90 Å². The highest BCUT2D eigenvalue weighted by molar-refractivity contribution is 6.17. The van der Waals surface area contributed by atoms with Gasteiger partial charge in [0.1, 0.15) is 0 Å². The van der Waals surface area contributed by atoms with E-state index in [9.17, 15) is 4.79 Å². The first-order chi connectivity index (χ1) is 8.74. The molecule has 0 saturated carbocycles. The largest absolute Gasteiger partial charge is 0.408 e. The molecule has 1 aliphatic heterocycles. The third-order valence-corrected chi connectivity index (χ3v) is 3.34. The van der Waals surface area contributed by atoms with Gasteiger partial charge in [-0.3, -0.25) is 4.79 Å². The van der Waals surface area contributed by atoms with Gasteiger partial charge in [-0.1, -0.05) is 5.10 Å². The lowest BCUT2D eigenvalue weighted by Crippen LogP contribution is -2.39. The van der Waals surface area contributed by atoms with Crippen LogP contribution in [0.4, 0.5) is 6.01 Å². The molecule has 0 aliphatic carbocycles. The summed E-state index contributed by atoms with van der Waals surface area (Å²) in [5, 5.41) is 10.6. The number of aryl methyl sites for hydroxylation is 1. The van der Waals surface area contributed by atoms with Crippen LogP contribution in [0, 0.1) is 5.92 Å². The van der Waals surface area contributed by atoms with E-state index in [4.69, 9.17) is 16.0 Å². The summed E-state index contributed by atoms with van der Waals surface area (Å²) in [5.41, 5.74) is 0. The number of carbonyl (C=O) groups excluding carboxylic acids is 1. The molecule has 0 radical (unpaired) electrons. The van der Waals surface area contributed by atoms with Crippen LogP contribution in [0.1, 0.15) is 18.7 Å². The van der Waals surface area contributed by atoms with Gasteiger partial charge in [-0.2, -0.15) is 0 Å². The highest BCUT2D eigenvalue weighted by Crippen LogP contribution is 2.22. The molecule has 100 valence electrons. The highest BCUT2D eigenvalue weighted by Gasteiger charge is 2.26. The summed E-state index contributed by atoms with van der Waals surface area (Å²) in [6.07, 6.45) is 2.21. The molecule has 1 aromatic rings. The fourth-order valence-corrected chi connectivity index (χ4v) is 2.25. The van der Waals surface area contributed by atoms with Crippen molar-refractivity contribution in [2.24, 2.45) is 5.92 Å². The zero-order valence-corrected chi connectivity index (χ0v) is 11.1. The van der Waals surface area contributed by atoms with Gasteiger partial charge in [0.2, 0.25) is 11.8 Å². The first-order valence-electron chi connectivity index (χ1n) is 6.09. The number of anilines is 1. The van der Waals surface area contributed by atoms with Gasteiger partial charge in [0, 0.05) is 38.4 Å². The van der Waals surface area contributed by atoms with Crippen molar-refractivity contribution in [3.63, 3.8) is 0 Å². The first-order valence-corrected chi connectivity index (χ1v) is 6.63. The maximum absolute atomic E-state index is 11.5. The Labute approximate surface area is 111 Å². The van der Waals surface area contributed by atoms with Gasteiger partial charge in [-0.15, -0.1) is 16.7 Å². The Balaban J connectivity index is 1.90. The molecule has 1 amide bonds. The minimum Gasteiger partial charge on any atom is -0.408 e. The second kappa shape index (κ2) is 6.04. The van der Waals surface area contributed by atoms with Gasteiger partial charge in [-0.25, -0.2) is 0 Å². The van der Waals surface area contributed by atoms with E-state index in [2.05, 4.69) is 15.5 Å². The monoisotopic (exact) mass is 272 g/mol. The maximum Gasteiger partial charge on any atom is 0.318 e. The number of amides is 1. The average molecular weight is 273 g/mol. The summed E-state index contributed by atoms with van der Waals surface area (Å²) < 4.78 is 5.50. The summed E-state index contributed by atoms with van der Waals surface area (Å²) in [6.45, 7) is 1.53. The van der Waals surface area contributed by atoms with Crippen LogP contribution >= 0.6 is 11.6 Å². The zero-order valence-electron chi connectivity index (χ0n) is 10.4. The lowest BCUT2D eigenvalue weighted by Gasteiger charge is -2.29. The minimum absolute atomic E-state index is 0.0940. The molecule has 7 heteroatoms. The summed E-state index contributed by atoms with van der Waals surface area (Å²) in [5.74, 6) is 1.24. The predicted molar refractivity (Wildman–Crippen MR) is 67.7 cm³/mol. The van der Waals surface area contributed by atoms with E-state index < -0.39 is 0 Å². The molecular formula is C11H17ClN4O2. The number of rotatable bonds is 4. The molecule has 18 heavy (non-hydrogen) atoms. The lowest BCUT2D eigenvalue weighted by atomic mass is 9.96. The van der Waals surface area contributed by atoms with Crippen molar-refractivity contribution in [2.45, 2.75) is 19.3 Å². The van der Waals surface area contributed by atoms with E-state index in [0.717, 1.165) is 25.9 Å². The molecule has 0 atom stereocenters. The summed E-state index contributed by atoms with van der Waals surface area (Å²) in [6, 6.07) is 0.533. The van der Waals surface area contributed by atoms with Crippen molar-refractivity contribution in [3.8, 4) is 0 Å². The average Bonchev–Trinajstić information content (AvgIpc) is 2.87. The Morgan fingerprint density at radius 2 is 2.22 bits per heavy atom. The lowest BCUT2D eigenvalue weighted by molar-refractivity contribution is -0.125. The van der Waals surface area contributed by atoms with Gasteiger partial charge in [-0.05, 0) is 12.8 Å². The van der Waals surface area contributed by atoms with E-state index >= 15 is 0 Å². The van der Waals surface area contributed by atoms with Crippen molar-refractivity contribution in [2.75, 3.05) is 30.9 Å². The molecule has 6 nitrogen and oxygen atoms in total. The Morgan fingerprint density at radius 1 is 1.50 bits per heavy atom. The SMILES string of the molecule is CNC(=O)C1CCN(c2nnc(CCCl)o2)CC1. The van der Waals surface area contributed by atoms with Crippen LogP contribution in [0.25, 0.3) is 0 Å². The van der Waals surface area contributed by atoms with Crippen LogP contribution in [0.15, 0.2) is 4.42 Å². The molecule has 2 rings (SSSR count). The Hall–Kier alpha value is -1.30. The molecular weight excluding hydrogens is 256 g/mol. The van der Waals surface area contributed by atoms with Gasteiger partial charge in [0.15, 0.2) is 0 Å². The van der Waals surface area contributed by atoms with E-state index in [1.54, 1.807) is 7.05 Å². The first kappa shape index (κ1) is 13.1. The molecule has 0 bridgehead atoms. The van der Waals surface area contributed by atoms with Gasteiger partial charge >= 0.3 is 6.01 Å². The van der Waals surface area contributed by atoms with Crippen molar-refractivity contribution >= 4 is 23.5 Å². The van der Waals surface area contributed by atoms with Crippen molar-refractivity contribution in [1.82, 2.24) is 15.5 Å². The van der Waals surface area contributed by atoms with Crippen LogP contribution in [0.3, 0.4) is 0 Å². The predicted octanol–water partition coefficient (Wildman–Crippen LogP) is 0.813. The fourth-order valence-electron chi connectivity index (χ4n) is 2.09. The Kier molecular flexibility index (Phi) is 4.41. The van der Waals surface area contributed by atoms with E-state index in [-0.39, 0.29) is 11.8 Å². The Bertz CT molecular complexity index is 402. The normalized spacial score (nSPS) is 16.9. The second-order valence-corrected chi connectivity index (χ2v) is 4.67. The molecule has 1 aliphatic rings. The second-order valence-electron chi connectivity index (χ2n) is 4.29. The van der Waals surface area contributed by atoms with Gasteiger partial charge in [0.05, 0.1) is 0 Å². The molecule has 0 spiro atoms. The summed E-state index contributed by atoms with van der Waals surface area (Å²) in [7, 11) is 1.67. The van der Waals surface area contributed by atoms with Crippen molar-refractivity contribution in [3.05, 3.63) is 5.89 Å². The van der Waals surface area contributed by atoms with Crippen molar-refractivity contribution < 1.29 is 9.21 Å². The number of nitrogens with one attached hydrogen (secondary N) is 1. The van der Waals surface area contributed by atoms with E-state index in [1.165, 1.54) is 0 Å². The molecule has 2 heterocycles. The number of carbonyl (C=O) groups is 1. The number of hydrogen-bond donors (Lipinski definition) is 1. The third-order valence-electron chi connectivity index (χ3n) is 3.15. The van der Waals surface area contributed by atoms with E-state index in [0.29, 0.717) is 24.2 Å². The number of piperidine rings is 1. The summed E-state index contributed by atoms with van der Waals surface area (Å²) in [4.78, 5) is 13.5. The van der Waals surface area contributed by atoms with Gasteiger partial charge in [0.25, 0.3) is 0 Å². The zero-order chi connectivity index (χ0) is 13.0. The van der Waals surface area contributed by atoms with Crippen LogP contribution in [0.2, 0.25) is 0 Å². The molecule has 1 saturated heterocycles. The van der Waals surface area contributed by atoms with Crippen LogP contribution < -0.4 is 10.2 Å². The standard InChI is InChI=1S/C11H17ClN4O2/c1-13-10(17)8-3-6-16(7-4-8)11-15-14-9(18-11)2-5-12/h8H,2-7H2,1H3,(H,13,17). The fraction of sp³-hybridized carbons (Fsp3) is 0.727. The molecule has 0 aromatic carbocycles. The van der Waals surface area contributed by atoms with Gasteiger partial charge < -0.3 is 14.6 Å². The topological polar surface area (TPSA) is 71.3 Å². The third kappa shape index (κ3) is 2.93. The molecule has 1 N–H and O–H groups in total. The van der Waals surface area contributed by atoms with Crippen molar-refractivity contribution in [1.29, 1.82) is 0 Å². The number of hydrogen-bond acceptors (Lipinski definition) is 5. The molecule has 1 fully saturated rings. The summed E-state index contributed by atoms with van der Waals surface area (Å²) >= 11 is 5.62.